The van der Waals surface area contributed by atoms with E-state index >= 15 is 0 Å². The molecular weight excluding hydrogens is 269 g/mol. The molecule has 0 amide bonds. The number of dihydropyridines is 1. The molecule has 1 rings (SSSR count). The maximum Gasteiger partial charge on any atom is 0.332 e. The van der Waals surface area contributed by atoms with Crippen LogP contribution in [0.1, 0.15) is 48.0 Å². The zero-order chi connectivity index (χ0) is 15.6. The minimum Gasteiger partial charge on any atom is -0.428 e. The molecule has 0 aromatic heterocycles. The molecule has 0 fully saturated rings. The Hall–Kier alpha value is -0.675. The lowest BCUT2D eigenvalue weighted by molar-refractivity contribution is -0.119. The van der Waals surface area contributed by atoms with Crippen LogP contribution in [0.3, 0.4) is 0 Å². The first-order chi connectivity index (χ1) is 9.08. The fourth-order valence-corrected chi connectivity index (χ4v) is 1.63. The van der Waals surface area contributed by atoms with Gasteiger partial charge in [-0.2, -0.15) is 12.6 Å². The molecule has 0 aliphatic carbocycles. The van der Waals surface area contributed by atoms with E-state index in [-0.39, 0.29) is 16.6 Å². The summed E-state index contributed by atoms with van der Waals surface area (Å²) < 4.78 is 5.63. The molecule has 3 nitrogen and oxygen atoms in total. The van der Waals surface area contributed by atoms with Gasteiger partial charge in [-0.25, -0.2) is 0 Å². The van der Waals surface area contributed by atoms with Crippen LogP contribution in [0, 0.1) is 0 Å². The Morgan fingerprint density at radius 1 is 1.45 bits per heavy atom. The molecule has 1 unspecified atom stereocenters. The van der Waals surface area contributed by atoms with Crippen molar-refractivity contribution < 1.29 is 9.45 Å². The molecule has 1 atom stereocenters. The van der Waals surface area contributed by atoms with E-state index in [4.69, 9.17) is 4.65 Å². The number of ketones is 1. The van der Waals surface area contributed by atoms with Crippen LogP contribution in [-0.2, 0) is 9.45 Å². The lowest BCUT2D eigenvalue weighted by Crippen LogP contribution is -2.44. The monoisotopic (exact) mass is 294 g/mol. The van der Waals surface area contributed by atoms with Crippen LogP contribution < -0.4 is 5.32 Å². The van der Waals surface area contributed by atoms with Gasteiger partial charge in [0.15, 0.2) is 5.78 Å². The van der Waals surface area contributed by atoms with Gasteiger partial charge < -0.3 is 9.97 Å². The van der Waals surface area contributed by atoms with Gasteiger partial charge in [0.1, 0.15) is 6.04 Å². The average Bonchev–Trinajstić information content (AvgIpc) is 2.35. The van der Waals surface area contributed by atoms with Crippen LogP contribution in [0.5, 0.6) is 0 Å². The lowest BCUT2D eigenvalue weighted by atomic mass is 9.78. The molecule has 0 saturated carbocycles. The third-order valence-corrected chi connectivity index (χ3v) is 4.48. The number of carbonyl (C=O) groups is 1. The Labute approximate surface area is 128 Å². The van der Waals surface area contributed by atoms with E-state index in [9.17, 15) is 4.79 Å². The molecule has 0 aromatic carbocycles. The summed E-state index contributed by atoms with van der Waals surface area (Å²) in [6, 6.07) is -0.216. The van der Waals surface area contributed by atoms with Crippen LogP contribution in [0.15, 0.2) is 23.3 Å². The van der Waals surface area contributed by atoms with Gasteiger partial charge in [0.25, 0.3) is 0 Å². The van der Waals surface area contributed by atoms with Crippen molar-refractivity contribution in [2.75, 3.05) is 0 Å². The summed E-state index contributed by atoms with van der Waals surface area (Å²) in [7, 11) is 1.74. The zero-order valence-electron chi connectivity index (χ0n) is 13.3. The van der Waals surface area contributed by atoms with Crippen LogP contribution >= 0.6 is 12.6 Å². The van der Waals surface area contributed by atoms with Crippen molar-refractivity contribution in [1.82, 2.24) is 5.32 Å². The smallest absolute Gasteiger partial charge is 0.332 e. The Balaban J connectivity index is 2.66. The second kappa shape index (κ2) is 6.40. The van der Waals surface area contributed by atoms with Gasteiger partial charge in [0, 0.05) is 11.2 Å². The average molecular weight is 294 g/mol. The normalized spacial score (nSPS) is 19.9. The largest absolute Gasteiger partial charge is 0.428 e. The highest BCUT2D eigenvalue weighted by Crippen LogP contribution is 2.31. The van der Waals surface area contributed by atoms with E-state index in [0.717, 1.165) is 11.0 Å². The topological polar surface area (TPSA) is 38.3 Å². The number of thiol groups is 1. The first-order valence-electron chi connectivity index (χ1n) is 6.99. The van der Waals surface area contributed by atoms with E-state index < -0.39 is 5.60 Å². The zero-order valence-corrected chi connectivity index (χ0v) is 14.2. The van der Waals surface area contributed by atoms with E-state index in [2.05, 4.69) is 17.9 Å². The lowest BCUT2D eigenvalue weighted by Gasteiger charge is -2.38. The highest BCUT2D eigenvalue weighted by atomic mass is 32.1. The fraction of sp³-hybridized carbons (Fsp3) is 0.667. The standard InChI is InChI=1S/C15H25BNO2S/c1-7-13(18)12-8-10(2)11(9-17-12)16-19-14(3,4)15(5,6)20/h8-9,12,17,20H,7H2,1-6H3. The Morgan fingerprint density at radius 3 is 2.50 bits per heavy atom. The number of hydrogen-bond acceptors (Lipinski definition) is 4. The highest BCUT2D eigenvalue weighted by Gasteiger charge is 2.35. The van der Waals surface area contributed by atoms with Crippen molar-refractivity contribution in [2.24, 2.45) is 0 Å². The van der Waals surface area contributed by atoms with E-state index in [1.54, 1.807) is 7.48 Å². The summed E-state index contributed by atoms with van der Waals surface area (Å²) in [6.07, 6.45) is 4.32. The summed E-state index contributed by atoms with van der Waals surface area (Å²) >= 11 is 4.57. The van der Waals surface area contributed by atoms with Crippen molar-refractivity contribution in [1.29, 1.82) is 0 Å². The number of nitrogens with one attached hydrogen (secondary N) is 1. The summed E-state index contributed by atoms with van der Waals surface area (Å²) in [6.45, 7) is 11.9. The van der Waals surface area contributed by atoms with Gasteiger partial charge in [0.2, 0.25) is 0 Å². The number of Topliss-reactive ketones (excluding diaryl/α,β-unsaturated/α-hetero) is 1. The molecule has 0 spiro atoms. The minimum absolute atomic E-state index is 0.192. The van der Waals surface area contributed by atoms with Crippen LogP contribution in [-0.4, -0.2) is 29.7 Å². The second-order valence-electron chi connectivity index (χ2n) is 6.22. The molecule has 1 aliphatic heterocycles. The van der Waals surface area contributed by atoms with Crippen LogP contribution in [0.4, 0.5) is 0 Å². The van der Waals surface area contributed by atoms with Crippen LogP contribution in [0.2, 0.25) is 0 Å². The van der Waals surface area contributed by atoms with Gasteiger partial charge in [-0.05, 0) is 46.3 Å². The maximum absolute atomic E-state index is 11.7. The molecule has 1 radical (unpaired) electrons. The summed E-state index contributed by atoms with van der Waals surface area (Å²) in [4.78, 5) is 11.7. The highest BCUT2D eigenvalue weighted by molar-refractivity contribution is 7.81. The third-order valence-electron chi connectivity index (χ3n) is 3.94. The molecule has 0 bridgehead atoms. The molecular formula is C15H25BNO2S. The van der Waals surface area contributed by atoms with E-state index in [1.807, 2.05) is 53.8 Å². The predicted molar refractivity (Wildman–Crippen MR) is 88.0 cm³/mol. The summed E-state index contributed by atoms with van der Waals surface area (Å²) in [5.74, 6) is 0.192. The van der Waals surface area contributed by atoms with Gasteiger partial charge in [-0.15, -0.1) is 0 Å². The number of carbonyl (C=O) groups excluding carboxylic acids is 1. The molecule has 0 aromatic rings. The minimum atomic E-state index is -0.396. The van der Waals surface area contributed by atoms with E-state index in [1.165, 1.54) is 0 Å². The first-order valence-corrected chi connectivity index (χ1v) is 7.44. The van der Waals surface area contributed by atoms with Crippen LogP contribution in [0.25, 0.3) is 0 Å². The fourth-order valence-electron chi connectivity index (χ4n) is 1.58. The maximum atomic E-state index is 11.7. The second-order valence-corrected chi connectivity index (χ2v) is 7.34. The molecule has 1 heterocycles. The summed E-state index contributed by atoms with van der Waals surface area (Å²) in [5.41, 5.74) is 1.60. The predicted octanol–water partition coefficient (Wildman–Crippen LogP) is 2.85. The quantitative estimate of drug-likeness (QED) is 0.584. The summed E-state index contributed by atoms with van der Waals surface area (Å²) in [5, 5.41) is 3.11. The Morgan fingerprint density at radius 2 is 2.05 bits per heavy atom. The van der Waals surface area contributed by atoms with E-state index in [0.29, 0.717) is 6.42 Å². The van der Waals surface area contributed by atoms with Gasteiger partial charge in [-0.1, -0.05) is 18.6 Å². The molecule has 111 valence electrons. The van der Waals surface area contributed by atoms with Crippen molar-refractivity contribution in [3.8, 4) is 0 Å². The first kappa shape index (κ1) is 17.4. The molecule has 0 saturated heterocycles. The third kappa shape index (κ3) is 4.16. The Kier molecular flexibility index (Phi) is 5.56. The van der Waals surface area contributed by atoms with Crippen molar-refractivity contribution in [3.63, 3.8) is 0 Å². The number of rotatable bonds is 6. The molecule has 5 heteroatoms. The number of allylic oxidation sites excluding steroid dienone is 2. The van der Waals surface area contributed by atoms with Crippen molar-refractivity contribution >= 4 is 25.9 Å². The SMILES string of the molecule is CCC(=O)C1C=C(C)C([B]OC(C)(C)C(C)(C)S)=CN1. The van der Waals surface area contributed by atoms with Gasteiger partial charge in [-0.3, -0.25) is 4.79 Å². The molecule has 1 aliphatic rings. The van der Waals surface area contributed by atoms with Gasteiger partial charge in [0.05, 0.1) is 5.60 Å². The molecule has 1 N–H and O–H groups in total. The van der Waals surface area contributed by atoms with Crippen molar-refractivity contribution in [2.45, 2.75) is 64.4 Å². The molecule has 20 heavy (non-hydrogen) atoms. The Bertz CT molecular complexity index is 436. The van der Waals surface area contributed by atoms with Gasteiger partial charge >= 0.3 is 7.48 Å². The van der Waals surface area contributed by atoms with Crippen molar-refractivity contribution in [3.05, 3.63) is 23.3 Å². The number of hydrogen-bond donors (Lipinski definition) is 2.